The van der Waals surface area contributed by atoms with E-state index in [0.717, 1.165) is 36.7 Å². The summed E-state index contributed by atoms with van der Waals surface area (Å²) in [7, 11) is 0. The van der Waals surface area contributed by atoms with Crippen LogP contribution < -0.4 is 21.9 Å². The Morgan fingerprint density at radius 3 is 2.42 bits per heavy atom. The number of rotatable bonds is 10. The van der Waals surface area contributed by atoms with Crippen molar-refractivity contribution in [3.63, 3.8) is 0 Å². The highest BCUT2D eigenvalue weighted by Gasteiger charge is 2.36. The van der Waals surface area contributed by atoms with Crippen LogP contribution in [-0.2, 0) is 11.3 Å². The first-order chi connectivity index (χ1) is 15.7. The van der Waals surface area contributed by atoms with Gasteiger partial charge in [-0.1, -0.05) is 39.5 Å². The van der Waals surface area contributed by atoms with Gasteiger partial charge in [0.25, 0.3) is 5.56 Å². The molecule has 2 aromatic heterocycles. The summed E-state index contributed by atoms with van der Waals surface area (Å²) in [5.41, 5.74) is 5.12. The average molecular weight is 476 g/mol. The SMILES string of the molecule is CC(C)CN(C(=O)CSc1nnc(C2CC2)n1C1CC1)c1c(N)n(CC(C)C)c(=O)[nH]c1=O. The summed E-state index contributed by atoms with van der Waals surface area (Å²) in [4.78, 5) is 42.2. The summed E-state index contributed by atoms with van der Waals surface area (Å²) in [6.45, 7) is 8.50. The van der Waals surface area contributed by atoms with Gasteiger partial charge in [0.15, 0.2) is 10.8 Å². The molecule has 10 nitrogen and oxygen atoms in total. The third-order valence-electron chi connectivity index (χ3n) is 5.75. The van der Waals surface area contributed by atoms with Crippen LogP contribution in [0.2, 0.25) is 0 Å². The molecule has 2 fully saturated rings. The van der Waals surface area contributed by atoms with Crippen molar-refractivity contribution in [1.29, 1.82) is 0 Å². The van der Waals surface area contributed by atoms with Crippen molar-refractivity contribution in [3.05, 3.63) is 26.7 Å². The van der Waals surface area contributed by atoms with Crippen LogP contribution >= 0.6 is 11.8 Å². The van der Waals surface area contributed by atoms with Gasteiger partial charge >= 0.3 is 5.69 Å². The summed E-state index contributed by atoms with van der Waals surface area (Å²) in [5, 5.41) is 9.52. The molecule has 0 aliphatic heterocycles. The van der Waals surface area contributed by atoms with E-state index in [9.17, 15) is 14.4 Å². The second-order valence-corrected chi connectivity index (χ2v) is 10.8. The van der Waals surface area contributed by atoms with Gasteiger partial charge in [0, 0.05) is 25.0 Å². The van der Waals surface area contributed by atoms with Crippen LogP contribution in [0.5, 0.6) is 0 Å². The quantitative estimate of drug-likeness (QED) is 0.504. The number of H-pyrrole nitrogens is 1. The highest BCUT2D eigenvalue weighted by Crippen LogP contribution is 2.46. The molecule has 0 radical (unpaired) electrons. The van der Waals surface area contributed by atoms with Crippen molar-refractivity contribution in [2.75, 3.05) is 22.9 Å². The molecule has 33 heavy (non-hydrogen) atoms. The van der Waals surface area contributed by atoms with E-state index in [1.165, 1.54) is 21.2 Å². The van der Waals surface area contributed by atoms with Crippen LogP contribution in [0.3, 0.4) is 0 Å². The molecule has 2 aliphatic carbocycles. The van der Waals surface area contributed by atoms with Crippen molar-refractivity contribution in [1.82, 2.24) is 24.3 Å². The van der Waals surface area contributed by atoms with E-state index >= 15 is 0 Å². The Morgan fingerprint density at radius 2 is 1.85 bits per heavy atom. The van der Waals surface area contributed by atoms with Gasteiger partial charge in [0.2, 0.25) is 5.91 Å². The molecule has 0 unspecified atom stereocenters. The van der Waals surface area contributed by atoms with Crippen LogP contribution in [0, 0.1) is 11.8 Å². The number of hydrogen-bond donors (Lipinski definition) is 2. The van der Waals surface area contributed by atoms with E-state index in [0.29, 0.717) is 25.0 Å². The van der Waals surface area contributed by atoms with E-state index in [4.69, 9.17) is 5.73 Å². The van der Waals surface area contributed by atoms with Crippen LogP contribution in [0.25, 0.3) is 0 Å². The van der Waals surface area contributed by atoms with E-state index in [1.807, 2.05) is 27.7 Å². The Bertz CT molecular complexity index is 1140. The van der Waals surface area contributed by atoms with Gasteiger partial charge in [-0.05, 0) is 37.5 Å². The zero-order valence-corrected chi connectivity index (χ0v) is 20.5. The van der Waals surface area contributed by atoms with Gasteiger partial charge in [0.05, 0.1) is 5.75 Å². The molecule has 180 valence electrons. The third kappa shape index (κ3) is 5.18. The van der Waals surface area contributed by atoms with Crippen LogP contribution in [0.1, 0.15) is 71.2 Å². The Labute approximate surface area is 196 Å². The highest BCUT2D eigenvalue weighted by atomic mass is 32.2. The number of thioether (sulfide) groups is 1. The largest absolute Gasteiger partial charge is 0.383 e. The van der Waals surface area contributed by atoms with Crippen LogP contribution in [0.15, 0.2) is 14.7 Å². The number of nitrogens with zero attached hydrogens (tertiary/aromatic N) is 5. The second kappa shape index (κ2) is 9.36. The number of nitrogens with one attached hydrogen (secondary N) is 1. The Balaban J connectivity index is 1.60. The molecule has 0 saturated heterocycles. The van der Waals surface area contributed by atoms with E-state index < -0.39 is 11.2 Å². The maximum absolute atomic E-state index is 13.4. The Morgan fingerprint density at radius 1 is 1.15 bits per heavy atom. The lowest BCUT2D eigenvalue weighted by Gasteiger charge is -2.26. The zero-order valence-electron chi connectivity index (χ0n) is 19.7. The number of nitrogens with two attached hydrogens (primary N) is 1. The number of aromatic nitrogens is 5. The van der Waals surface area contributed by atoms with Crippen LogP contribution in [-0.4, -0.2) is 42.5 Å². The fourth-order valence-electron chi connectivity index (χ4n) is 3.95. The molecule has 2 aromatic rings. The minimum absolute atomic E-state index is 0.0219. The number of carbonyl (C=O) groups excluding carboxylic acids is 1. The maximum Gasteiger partial charge on any atom is 0.330 e. The van der Waals surface area contributed by atoms with Crippen LogP contribution in [0.4, 0.5) is 11.5 Å². The molecule has 2 saturated carbocycles. The lowest BCUT2D eigenvalue weighted by atomic mass is 10.2. The van der Waals surface area contributed by atoms with Gasteiger partial charge in [0.1, 0.15) is 11.6 Å². The minimum Gasteiger partial charge on any atom is -0.383 e. The number of hydrogen-bond acceptors (Lipinski definition) is 7. The first-order valence-electron chi connectivity index (χ1n) is 11.7. The maximum atomic E-state index is 13.4. The summed E-state index contributed by atoms with van der Waals surface area (Å²) in [6.07, 6.45) is 4.51. The predicted molar refractivity (Wildman–Crippen MR) is 129 cm³/mol. The summed E-state index contributed by atoms with van der Waals surface area (Å²) < 4.78 is 3.53. The fourth-order valence-corrected chi connectivity index (χ4v) is 4.84. The number of nitrogen functional groups attached to an aromatic ring is 1. The minimum atomic E-state index is -0.645. The van der Waals surface area contributed by atoms with E-state index in [-0.39, 0.29) is 35.0 Å². The molecule has 1 amide bonds. The number of aromatic amines is 1. The lowest BCUT2D eigenvalue weighted by Crippen LogP contribution is -2.43. The predicted octanol–water partition coefficient (Wildman–Crippen LogP) is 2.36. The molecule has 2 aliphatic rings. The molecular formula is C22H33N7O3S. The second-order valence-electron chi connectivity index (χ2n) is 9.90. The first kappa shape index (κ1) is 23.6. The molecule has 11 heteroatoms. The van der Waals surface area contributed by atoms with Crippen molar-refractivity contribution in [2.24, 2.45) is 11.8 Å². The molecule has 0 spiro atoms. The Hall–Kier alpha value is -2.56. The van der Waals surface area contributed by atoms with Gasteiger partial charge in [-0.3, -0.25) is 19.1 Å². The molecule has 0 aromatic carbocycles. The highest BCUT2D eigenvalue weighted by molar-refractivity contribution is 7.99. The topological polar surface area (TPSA) is 132 Å². The number of anilines is 2. The molecular weight excluding hydrogens is 442 g/mol. The van der Waals surface area contributed by atoms with Gasteiger partial charge in [-0.2, -0.15) is 0 Å². The molecule has 2 heterocycles. The lowest BCUT2D eigenvalue weighted by molar-refractivity contribution is -0.116. The van der Waals surface area contributed by atoms with E-state index in [2.05, 4.69) is 19.7 Å². The van der Waals surface area contributed by atoms with Gasteiger partial charge in [-0.15, -0.1) is 10.2 Å². The van der Waals surface area contributed by atoms with Crippen molar-refractivity contribution >= 4 is 29.2 Å². The van der Waals surface area contributed by atoms with Crippen molar-refractivity contribution in [3.8, 4) is 0 Å². The number of carbonyl (C=O) groups is 1. The zero-order chi connectivity index (χ0) is 23.9. The fraction of sp³-hybridized carbons (Fsp3) is 0.682. The summed E-state index contributed by atoms with van der Waals surface area (Å²) >= 11 is 1.35. The normalized spacial score (nSPS) is 16.1. The average Bonchev–Trinajstić information content (AvgIpc) is 3.66. The van der Waals surface area contributed by atoms with Gasteiger partial charge < -0.3 is 15.2 Å². The summed E-state index contributed by atoms with van der Waals surface area (Å²) in [5.74, 6) is 1.63. The first-order valence-corrected chi connectivity index (χ1v) is 12.7. The molecule has 0 bridgehead atoms. The third-order valence-corrected chi connectivity index (χ3v) is 6.68. The van der Waals surface area contributed by atoms with Crippen molar-refractivity contribution in [2.45, 2.75) is 77.0 Å². The molecule has 3 N–H and O–H groups in total. The standard InChI is InChI=1S/C22H33N7O3S/c1-12(2)9-27(17-18(23)28(10-13(3)4)21(32)24-20(17)31)16(30)11-33-22-26-25-19(14-5-6-14)29(22)15-7-8-15/h12-15H,5-11,23H2,1-4H3,(H,24,31,32). The molecule has 0 atom stereocenters. The smallest absolute Gasteiger partial charge is 0.330 e. The monoisotopic (exact) mass is 475 g/mol. The molecule has 4 rings (SSSR count). The van der Waals surface area contributed by atoms with Crippen molar-refractivity contribution < 1.29 is 4.79 Å². The van der Waals surface area contributed by atoms with Gasteiger partial charge in [-0.25, -0.2) is 4.79 Å². The number of amides is 1. The summed E-state index contributed by atoms with van der Waals surface area (Å²) in [6, 6.07) is 0.429. The van der Waals surface area contributed by atoms with E-state index in [1.54, 1.807) is 0 Å². The Kier molecular flexibility index (Phi) is 6.69.